The smallest absolute Gasteiger partial charge is 0.129 e. The minimum atomic E-state index is -0.0657. The molecule has 0 fully saturated rings. The molecule has 2 aromatic rings. The van der Waals surface area contributed by atoms with Gasteiger partial charge in [0.05, 0.1) is 23.6 Å². The lowest BCUT2D eigenvalue weighted by Crippen LogP contribution is -1.99. The first kappa shape index (κ1) is 10.8. The maximum Gasteiger partial charge on any atom is 0.129 e. The first-order valence-electron chi connectivity index (χ1n) is 5.14. The van der Waals surface area contributed by atoms with Gasteiger partial charge in [-0.1, -0.05) is 0 Å². The minimum Gasteiger partial charge on any atom is -0.462 e. The Bertz CT molecular complexity index is 454. The lowest BCUT2D eigenvalue weighted by Gasteiger charge is -2.03. The molecule has 0 aliphatic heterocycles. The van der Waals surface area contributed by atoms with Crippen molar-refractivity contribution in [3.05, 3.63) is 35.0 Å². The summed E-state index contributed by atoms with van der Waals surface area (Å²) in [5.41, 5.74) is 2.94. The number of hydrogen-bond acceptors (Lipinski definition) is 4. The van der Waals surface area contributed by atoms with Crippen LogP contribution in [0.3, 0.4) is 0 Å². The molecule has 0 saturated heterocycles. The molecular formula is C11H15N3O2. The Morgan fingerprint density at radius 2 is 2.12 bits per heavy atom. The van der Waals surface area contributed by atoms with Crippen molar-refractivity contribution in [1.82, 2.24) is 10.2 Å². The van der Waals surface area contributed by atoms with Gasteiger partial charge in [0.25, 0.3) is 0 Å². The summed E-state index contributed by atoms with van der Waals surface area (Å²) in [6, 6.07) is 3.62. The average molecular weight is 221 g/mol. The molecular weight excluding hydrogens is 206 g/mol. The van der Waals surface area contributed by atoms with Crippen molar-refractivity contribution in [2.24, 2.45) is 0 Å². The lowest BCUT2D eigenvalue weighted by molar-refractivity contribution is 0.244. The summed E-state index contributed by atoms with van der Waals surface area (Å²) in [5, 5.41) is 19.1. The highest BCUT2D eigenvalue weighted by molar-refractivity contribution is 5.51. The van der Waals surface area contributed by atoms with E-state index >= 15 is 0 Å². The zero-order valence-corrected chi connectivity index (χ0v) is 9.37. The van der Waals surface area contributed by atoms with E-state index in [1.54, 1.807) is 6.07 Å². The number of aromatic nitrogens is 2. The van der Waals surface area contributed by atoms with Crippen molar-refractivity contribution < 1.29 is 9.52 Å². The van der Waals surface area contributed by atoms with E-state index < -0.39 is 0 Å². The fraction of sp³-hybridized carbons (Fsp3) is 0.364. The molecule has 0 unspecified atom stereocenters. The summed E-state index contributed by atoms with van der Waals surface area (Å²) in [7, 11) is 0. The number of aliphatic hydroxyl groups excluding tert-OH is 1. The van der Waals surface area contributed by atoms with Crippen LogP contribution in [0, 0.1) is 13.8 Å². The molecule has 0 aliphatic carbocycles. The highest BCUT2D eigenvalue weighted by Gasteiger charge is 2.06. The zero-order valence-electron chi connectivity index (χ0n) is 9.37. The summed E-state index contributed by atoms with van der Waals surface area (Å²) in [4.78, 5) is 0. The normalized spacial score (nSPS) is 10.7. The summed E-state index contributed by atoms with van der Waals surface area (Å²) >= 11 is 0. The van der Waals surface area contributed by atoms with Crippen LogP contribution >= 0.6 is 0 Å². The van der Waals surface area contributed by atoms with Crippen LogP contribution in [0.15, 0.2) is 16.5 Å². The molecule has 0 saturated carbocycles. The van der Waals surface area contributed by atoms with Crippen molar-refractivity contribution in [3.8, 4) is 0 Å². The van der Waals surface area contributed by atoms with Gasteiger partial charge in [0.15, 0.2) is 0 Å². The Balaban J connectivity index is 2.02. The number of anilines is 1. The molecule has 3 N–H and O–H groups in total. The average Bonchev–Trinajstić information content (AvgIpc) is 2.85. The Labute approximate surface area is 93.5 Å². The SMILES string of the molecule is Cc1n[nH]c(C)c1NCc1ccc(CO)o1. The maximum absolute atomic E-state index is 8.86. The standard InChI is InChI=1S/C11H15N3O2/c1-7-11(8(2)14-13-7)12-5-9-3-4-10(6-15)16-9/h3-4,12,15H,5-6H2,1-2H3,(H,13,14). The van der Waals surface area contributed by atoms with Gasteiger partial charge in [0.1, 0.15) is 18.1 Å². The molecule has 0 bridgehead atoms. The van der Waals surface area contributed by atoms with Crippen LogP contribution in [0.25, 0.3) is 0 Å². The van der Waals surface area contributed by atoms with E-state index in [1.165, 1.54) is 0 Å². The predicted octanol–water partition coefficient (Wildman–Crippen LogP) is 1.72. The third kappa shape index (κ3) is 2.09. The van der Waals surface area contributed by atoms with Crippen molar-refractivity contribution >= 4 is 5.69 Å². The molecule has 16 heavy (non-hydrogen) atoms. The number of furan rings is 1. The van der Waals surface area contributed by atoms with Crippen LogP contribution in [0.1, 0.15) is 22.9 Å². The molecule has 86 valence electrons. The minimum absolute atomic E-state index is 0.0657. The molecule has 2 heterocycles. The molecule has 0 radical (unpaired) electrons. The Morgan fingerprint density at radius 1 is 1.38 bits per heavy atom. The van der Waals surface area contributed by atoms with Crippen LogP contribution in [0.2, 0.25) is 0 Å². The number of nitrogens with zero attached hydrogens (tertiary/aromatic N) is 1. The van der Waals surface area contributed by atoms with E-state index in [0.29, 0.717) is 12.3 Å². The van der Waals surface area contributed by atoms with Crippen molar-refractivity contribution in [2.45, 2.75) is 27.0 Å². The topological polar surface area (TPSA) is 74.1 Å². The monoisotopic (exact) mass is 221 g/mol. The van der Waals surface area contributed by atoms with Crippen LogP contribution < -0.4 is 5.32 Å². The lowest BCUT2D eigenvalue weighted by atomic mass is 10.3. The van der Waals surface area contributed by atoms with Gasteiger partial charge < -0.3 is 14.8 Å². The Morgan fingerprint density at radius 3 is 2.69 bits per heavy atom. The third-order valence-corrected chi connectivity index (χ3v) is 2.44. The van der Waals surface area contributed by atoms with Crippen molar-refractivity contribution in [1.29, 1.82) is 0 Å². The first-order valence-corrected chi connectivity index (χ1v) is 5.14. The number of hydrogen-bond donors (Lipinski definition) is 3. The first-order chi connectivity index (χ1) is 7.70. The summed E-state index contributed by atoms with van der Waals surface area (Å²) < 4.78 is 5.37. The molecule has 0 aliphatic rings. The number of rotatable bonds is 4. The molecule has 0 amide bonds. The predicted molar refractivity (Wildman–Crippen MR) is 60.0 cm³/mol. The van der Waals surface area contributed by atoms with E-state index in [-0.39, 0.29) is 6.61 Å². The molecule has 0 spiro atoms. The van der Waals surface area contributed by atoms with Gasteiger partial charge in [-0.2, -0.15) is 5.10 Å². The Kier molecular flexibility index (Phi) is 2.96. The van der Waals surface area contributed by atoms with E-state index in [0.717, 1.165) is 22.8 Å². The highest BCUT2D eigenvalue weighted by Crippen LogP contribution is 2.17. The number of nitrogens with one attached hydrogen (secondary N) is 2. The second-order valence-corrected chi connectivity index (χ2v) is 3.69. The molecule has 5 heteroatoms. The van der Waals surface area contributed by atoms with Gasteiger partial charge in [-0.15, -0.1) is 0 Å². The second-order valence-electron chi connectivity index (χ2n) is 3.69. The van der Waals surface area contributed by atoms with Crippen LogP contribution in [0.5, 0.6) is 0 Å². The second kappa shape index (κ2) is 4.40. The maximum atomic E-state index is 8.86. The Hall–Kier alpha value is -1.75. The fourth-order valence-corrected chi connectivity index (χ4v) is 1.59. The van der Waals surface area contributed by atoms with Crippen LogP contribution in [-0.2, 0) is 13.2 Å². The van der Waals surface area contributed by atoms with Crippen LogP contribution in [-0.4, -0.2) is 15.3 Å². The van der Waals surface area contributed by atoms with E-state index in [2.05, 4.69) is 15.5 Å². The molecule has 0 aromatic carbocycles. The highest BCUT2D eigenvalue weighted by atomic mass is 16.4. The van der Waals surface area contributed by atoms with Gasteiger partial charge in [0, 0.05) is 0 Å². The zero-order chi connectivity index (χ0) is 11.5. The van der Waals surface area contributed by atoms with Crippen LogP contribution in [0.4, 0.5) is 5.69 Å². The van der Waals surface area contributed by atoms with E-state index in [4.69, 9.17) is 9.52 Å². The largest absolute Gasteiger partial charge is 0.462 e. The van der Waals surface area contributed by atoms with E-state index in [9.17, 15) is 0 Å². The molecule has 5 nitrogen and oxygen atoms in total. The molecule has 2 aromatic heterocycles. The van der Waals surface area contributed by atoms with Gasteiger partial charge in [-0.05, 0) is 26.0 Å². The number of aromatic amines is 1. The van der Waals surface area contributed by atoms with Gasteiger partial charge in [-0.3, -0.25) is 5.10 Å². The number of aliphatic hydroxyl groups is 1. The fourth-order valence-electron chi connectivity index (χ4n) is 1.59. The van der Waals surface area contributed by atoms with Gasteiger partial charge in [-0.25, -0.2) is 0 Å². The summed E-state index contributed by atoms with van der Waals surface area (Å²) in [6.07, 6.45) is 0. The quantitative estimate of drug-likeness (QED) is 0.735. The summed E-state index contributed by atoms with van der Waals surface area (Å²) in [6.45, 7) is 4.42. The number of H-pyrrole nitrogens is 1. The van der Waals surface area contributed by atoms with Crippen molar-refractivity contribution in [3.63, 3.8) is 0 Å². The van der Waals surface area contributed by atoms with Crippen molar-refractivity contribution in [2.75, 3.05) is 5.32 Å². The third-order valence-electron chi connectivity index (χ3n) is 2.44. The van der Waals surface area contributed by atoms with E-state index in [1.807, 2.05) is 19.9 Å². The molecule has 0 atom stereocenters. The van der Waals surface area contributed by atoms with Gasteiger partial charge >= 0.3 is 0 Å². The van der Waals surface area contributed by atoms with Gasteiger partial charge in [0.2, 0.25) is 0 Å². The molecule has 2 rings (SSSR count). The summed E-state index contributed by atoms with van der Waals surface area (Å²) in [5.74, 6) is 1.38. The number of aryl methyl sites for hydroxylation is 2.